The van der Waals surface area contributed by atoms with Gasteiger partial charge in [-0.15, -0.1) is 0 Å². The van der Waals surface area contributed by atoms with Crippen molar-refractivity contribution in [3.63, 3.8) is 0 Å². The van der Waals surface area contributed by atoms with E-state index in [4.69, 9.17) is 13.6 Å². The summed E-state index contributed by atoms with van der Waals surface area (Å²) >= 11 is 0. The molecule has 0 N–H and O–H groups in total. The molecule has 0 aliphatic carbocycles. The average molecular weight is 288 g/mol. The lowest BCUT2D eigenvalue weighted by Gasteiger charge is -2.24. The van der Waals surface area contributed by atoms with E-state index in [0.29, 0.717) is 10.2 Å². The fourth-order valence-corrected chi connectivity index (χ4v) is 2.68. The molecule has 1 aromatic carbocycles. The molecule has 108 valence electrons. The number of phosphoric ester groups is 1. The molecule has 19 heavy (non-hydrogen) atoms. The zero-order valence-electron chi connectivity index (χ0n) is 12.3. The average Bonchev–Trinajstić information content (AvgIpc) is 2.28. The van der Waals surface area contributed by atoms with Crippen molar-refractivity contribution in [2.75, 3.05) is 34.4 Å². The van der Waals surface area contributed by atoms with Crippen LogP contribution in [0.5, 0.6) is 5.75 Å². The highest BCUT2D eigenvalue weighted by Gasteiger charge is 2.27. The first kappa shape index (κ1) is 16.2. The molecule has 1 aromatic rings. The minimum atomic E-state index is -3.52. The van der Waals surface area contributed by atoms with Gasteiger partial charge in [0.25, 0.3) is 0 Å². The molecule has 0 saturated heterocycles. The fraction of sp³-hybridized carbons (Fsp3) is 0.538. The number of hydrogen-bond donors (Lipinski definition) is 0. The Morgan fingerprint density at radius 1 is 1.11 bits per heavy atom. The molecule has 6 heteroatoms. The van der Waals surface area contributed by atoms with E-state index in [0.717, 1.165) is 5.69 Å². The summed E-state index contributed by atoms with van der Waals surface area (Å²) in [6.07, 6.45) is 0. The second-order valence-electron chi connectivity index (χ2n) is 4.88. The van der Waals surface area contributed by atoms with Gasteiger partial charge in [0.05, 0.1) is 34.4 Å². The van der Waals surface area contributed by atoms with Gasteiger partial charge in [-0.1, -0.05) is 6.07 Å². The standard InChI is InChI=1S/C13H23NO4P/c1-6-16-19(15,17-7-2)18-13-10-8-9-12(11-13)14(3,4)5/h8-11H,6-7H2,1-5H3/q+1. The number of nitrogens with zero attached hydrogens (tertiary/aromatic N) is 1. The Labute approximate surface area is 115 Å². The lowest BCUT2D eigenvalue weighted by atomic mass is 10.2. The van der Waals surface area contributed by atoms with Crippen LogP contribution in [0.2, 0.25) is 0 Å². The molecule has 1 rings (SSSR count). The maximum Gasteiger partial charge on any atom is 0.530 e. The van der Waals surface area contributed by atoms with Gasteiger partial charge in [-0.25, -0.2) is 4.57 Å². The zero-order chi connectivity index (χ0) is 14.5. The summed E-state index contributed by atoms with van der Waals surface area (Å²) in [5.74, 6) is 0.482. The Hall–Kier alpha value is -0.870. The summed E-state index contributed by atoms with van der Waals surface area (Å²) in [6, 6.07) is 7.42. The van der Waals surface area contributed by atoms with E-state index >= 15 is 0 Å². The summed E-state index contributed by atoms with van der Waals surface area (Å²) in [5.41, 5.74) is 1.04. The second kappa shape index (κ2) is 6.53. The second-order valence-corrected chi connectivity index (χ2v) is 6.48. The van der Waals surface area contributed by atoms with Crippen LogP contribution in [-0.4, -0.2) is 34.4 Å². The summed E-state index contributed by atoms with van der Waals surface area (Å²) in [6.45, 7) is 4.04. The molecule has 0 amide bonds. The minimum Gasteiger partial charge on any atom is -0.404 e. The van der Waals surface area contributed by atoms with E-state index < -0.39 is 7.82 Å². The number of benzene rings is 1. The van der Waals surface area contributed by atoms with Crippen LogP contribution in [0.3, 0.4) is 0 Å². The van der Waals surface area contributed by atoms with E-state index in [2.05, 4.69) is 0 Å². The molecule has 0 unspecified atom stereocenters. The number of hydrogen-bond acceptors (Lipinski definition) is 4. The monoisotopic (exact) mass is 288 g/mol. The molecule has 0 bridgehead atoms. The highest BCUT2D eigenvalue weighted by molar-refractivity contribution is 7.48. The van der Waals surface area contributed by atoms with Crippen molar-refractivity contribution >= 4 is 13.5 Å². The van der Waals surface area contributed by atoms with Gasteiger partial charge in [0.15, 0.2) is 0 Å². The molecule has 0 spiro atoms. The maximum atomic E-state index is 12.3. The van der Waals surface area contributed by atoms with E-state index in [1.54, 1.807) is 19.9 Å². The lowest BCUT2D eigenvalue weighted by Crippen LogP contribution is -2.34. The van der Waals surface area contributed by atoms with E-state index in [1.165, 1.54) is 0 Å². The van der Waals surface area contributed by atoms with Crippen LogP contribution >= 0.6 is 7.82 Å². The fourth-order valence-electron chi connectivity index (χ4n) is 1.49. The topological polar surface area (TPSA) is 44.8 Å². The highest BCUT2D eigenvalue weighted by Crippen LogP contribution is 2.49. The molecule has 0 radical (unpaired) electrons. The summed E-state index contributed by atoms with van der Waals surface area (Å²) in [4.78, 5) is 0. The van der Waals surface area contributed by atoms with Gasteiger partial charge in [0, 0.05) is 6.07 Å². The van der Waals surface area contributed by atoms with Gasteiger partial charge in [-0.3, -0.25) is 13.5 Å². The van der Waals surface area contributed by atoms with Crippen LogP contribution in [0.15, 0.2) is 24.3 Å². The molecule has 5 nitrogen and oxygen atoms in total. The quantitative estimate of drug-likeness (QED) is 0.569. The van der Waals surface area contributed by atoms with Crippen LogP contribution in [-0.2, 0) is 13.6 Å². The Bertz CT molecular complexity index is 446. The zero-order valence-corrected chi connectivity index (χ0v) is 13.1. The van der Waals surface area contributed by atoms with Crippen molar-refractivity contribution in [1.82, 2.24) is 4.48 Å². The predicted octanol–water partition coefficient (Wildman–Crippen LogP) is 3.44. The Morgan fingerprint density at radius 3 is 2.16 bits per heavy atom. The van der Waals surface area contributed by atoms with Gasteiger partial charge in [-0.05, 0) is 26.0 Å². The highest BCUT2D eigenvalue weighted by atomic mass is 31.2. The van der Waals surface area contributed by atoms with Crippen LogP contribution in [0.4, 0.5) is 5.69 Å². The third-order valence-corrected chi connectivity index (χ3v) is 3.97. The first-order valence-corrected chi connectivity index (χ1v) is 7.77. The number of quaternary nitrogens is 1. The molecule has 0 aliphatic rings. The van der Waals surface area contributed by atoms with Gasteiger partial charge in [0.2, 0.25) is 0 Å². The molecular formula is C13H23NO4P+. The maximum absolute atomic E-state index is 12.3. The first-order valence-electron chi connectivity index (χ1n) is 6.31. The SMILES string of the molecule is CCOP(=O)(OCC)Oc1cccc([N+](C)(C)C)c1. The molecule has 0 aromatic heterocycles. The third kappa shape index (κ3) is 4.96. The van der Waals surface area contributed by atoms with Gasteiger partial charge >= 0.3 is 7.82 Å². The van der Waals surface area contributed by atoms with Crippen molar-refractivity contribution in [2.24, 2.45) is 0 Å². The van der Waals surface area contributed by atoms with Crippen LogP contribution < -0.4 is 9.01 Å². The molecule has 0 heterocycles. The van der Waals surface area contributed by atoms with Gasteiger partial charge < -0.3 is 4.52 Å². The lowest BCUT2D eigenvalue weighted by molar-refractivity contribution is 0.167. The van der Waals surface area contributed by atoms with Gasteiger partial charge in [0.1, 0.15) is 11.4 Å². The van der Waals surface area contributed by atoms with Gasteiger partial charge in [-0.2, -0.15) is 0 Å². The first-order chi connectivity index (χ1) is 8.80. The largest absolute Gasteiger partial charge is 0.530 e. The summed E-state index contributed by atoms with van der Waals surface area (Å²) in [5, 5.41) is 0. The van der Waals surface area contributed by atoms with Crippen LogP contribution in [0, 0.1) is 0 Å². The van der Waals surface area contributed by atoms with E-state index in [9.17, 15) is 4.57 Å². The third-order valence-electron chi connectivity index (χ3n) is 2.38. The summed E-state index contributed by atoms with van der Waals surface area (Å²) in [7, 11) is 2.62. The molecule has 0 aliphatic heterocycles. The van der Waals surface area contributed by atoms with E-state index in [1.807, 2.05) is 39.3 Å². The predicted molar refractivity (Wildman–Crippen MR) is 77.5 cm³/mol. The van der Waals surface area contributed by atoms with E-state index in [-0.39, 0.29) is 13.2 Å². The smallest absolute Gasteiger partial charge is 0.404 e. The van der Waals surface area contributed by atoms with Crippen molar-refractivity contribution in [1.29, 1.82) is 0 Å². The molecule has 0 saturated carbocycles. The molecular weight excluding hydrogens is 265 g/mol. The molecule has 0 atom stereocenters. The van der Waals surface area contributed by atoms with Crippen molar-refractivity contribution in [3.8, 4) is 5.75 Å². The Kier molecular flexibility index (Phi) is 5.56. The normalized spacial score (nSPS) is 12.5. The Balaban J connectivity index is 2.94. The summed E-state index contributed by atoms with van der Waals surface area (Å²) < 4.78 is 28.5. The Morgan fingerprint density at radius 2 is 1.68 bits per heavy atom. The van der Waals surface area contributed by atoms with Crippen LogP contribution in [0.1, 0.15) is 13.8 Å². The number of rotatable bonds is 7. The minimum absolute atomic E-state index is 0.270. The molecule has 0 fully saturated rings. The van der Waals surface area contributed by atoms with Crippen molar-refractivity contribution in [3.05, 3.63) is 24.3 Å². The van der Waals surface area contributed by atoms with Crippen molar-refractivity contribution in [2.45, 2.75) is 13.8 Å². The number of phosphoric acid groups is 1. The van der Waals surface area contributed by atoms with Crippen LogP contribution in [0.25, 0.3) is 0 Å². The van der Waals surface area contributed by atoms with Crippen molar-refractivity contribution < 1.29 is 18.1 Å².